The first kappa shape index (κ1) is 26.1. The van der Waals surface area contributed by atoms with E-state index < -0.39 is 11.9 Å². The Hall–Kier alpha value is -3.54. The van der Waals surface area contributed by atoms with Crippen LogP contribution in [0, 0.1) is 11.3 Å². The number of halogens is 1. The van der Waals surface area contributed by atoms with Crippen LogP contribution in [0.5, 0.6) is 0 Å². The molecule has 3 rings (SSSR count). The Kier molecular flexibility index (Phi) is 8.74. The van der Waals surface area contributed by atoms with Crippen molar-refractivity contribution in [2.45, 2.75) is 26.7 Å². The van der Waals surface area contributed by atoms with E-state index in [1.165, 1.54) is 18.7 Å². The van der Waals surface area contributed by atoms with E-state index in [9.17, 15) is 19.6 Å². The van der Waals surface area contributed by atoms with E-state index in [1.54, 1.807) is 62.4 Å². The summed E-state index contributed by atoms with van der Waals surface area (Å²) in [5.74, 6) is -1.38. The molecule has 0 fully saturated rings. The highest BCUT2D eigenvalue weighted by Crippen LogP contribution is 2.41. The van der Waals surface area contributed by atoms with Crippen molar-refractivity contribution in [1.82, 2.24) is 5.32 Å². The largest absolute Gasteiger partial charge is 0.462 e. The minimum absolute atomic E-state index is 0.0309. The molecule has 2 aromatic rings. The summed E-state index contributed by atoms with van der Waals surface area (Å²) in [6, 6.07) is 15.6. The number of benzene rings is 2. The van der Waals surface area contributed by atoms with Crippen molar-refractivity contribution in [3.05, 3.63) is 86.6 Å². The van der Waals surface area contributed by atoms with E-state index >= 15 is 0 Å². The maximum absolute atomic E-state index is 12.6. The van der Waals surface area contributed by atoms with Crippen molar-refractivity contribution in [2.75, 3.05) is 17.7 Å². The summed E-state index contributed by atoms with van der Waals surface area (Å²) in [6.45, 7) is 5.26. The van der Waals surface area contributed by atoms with Crippen LogP contribution in [0.4, 0.5) is 5.69 Å². The second-order valence-corrected chi connectivity index (χ2v) is 9.12. The number of carbonyl (C=O) groups is 3. The summed E-state index contributed by atoms with van der Waals surface area (Å²) < 4.78 is 4.95. The fourth-order valence-electron chi connectivity index (χ4n) is 3.72. The van der Waals surface area contributed by atoms with Crippen LogP contribution >= 0.6 is 23.4 Å². The van der Waals surface area contributed by atoms with Gasteiger partial charge in [0, 0.05) is 22.0 Å². The molecule has 1 aliphatic heterocycles. The van der Waals surface area contributed by atoms with Gasteiger partial charge in [-0.3, -0.25) is 9.59 Å². The third-order valence-corrected chi connectivity index (χ3v) is 6.53. The zero-order valence-electron chi connectivity index (χ0n) is 19.5. The van der Waals surface area contributed by atoms with E-state index in [-0.39, 0.29) is 24.1 Å². The quantitative estimate of drug-likeness (QED) is 0.472. The molecule has 7 nitrogen and oxygen atoms in total. The van der Waals surface area contributed by atoms with E-state index in [0.717, 1.165) is 5.56 Å². The number of Topliss-reactive ketones (excluding diaryl/α,β-unsaturated/α-hetero) is 1. The van der Waals surface area contributed by atoms with E-state index in [2.05, 4.69) is 16.7 Å². The lowest BCUT2D eigenvalue weighted by Gasteiger charge is -2.29. The molecule has 0 unspecified atom stereocenters. The third kappa shape index (κ3) is 6.32. The normalized spacial score (nSPS) is 15.2. The fraction of sp³-hybridized carbons (Fsp3) is 0.231. The Labute approximate surface area is 213 Å². The minimum Gasteiger partial charge on any atom is -0.462 e. The molecule has 0 bridgehead atoms. The first-order valence-corrected chi connectivity index (χ1v) is 12.2. The zero-order valence-corrected chi connectivity index (χ0v) is 21.0. The number of nitrogens with zero attached hydrogens (tertiary/aromatic N) is 1. The molecule has 9 heteroatoms. The number of anilines is 1. The highest BCUT2D eigenvalue weighted by molar-refractivity contribution is 8.03. The zero-order chi connectivity index (χ0) is 25.5. The van der Waals surface area contributed by atoms with Gasteiger partial charge in [-0.15, -0.1) is 0 Å². The van der Waals surface area contributed by atoms with E-state index in [1.807, 2.05) is 0 Å². The number of dihydropyridines is 1. The number of ether oxygens (including phenoxy) is 1. The Morgan fingerprint density at radius 2 is 1.80 bits per heavy atom. The first-order valence-electron chi connectivity index (χ1n) is 10.8. The molecule has 1 atom stereocenters. The second kappa shape index (κ2) is 11.7. The van der Waals surface area contributed by atoms with Crippen molar-refractivity contribution < 1.29 is 19.1 Å². The summed E-state index contributed by atoms with van der Waals surface area (Å²) in [5.41, 5.74) is 3.18. The molecule has 0 spiro atoms. The van der Waals surface area contributed by atoms with E-state index in [0.29, 0.717) is 38.1 Å². The number of hydrogen-bond acceptors (Lipinski definition) is 7. The number of amides is 1. The average molecular weight is 510 g/mol. The summed E-state index contributed by atoms with van der Waals surface area (Å²) in [5, 5.41) is 17.0. The van der Waals surface area contributed by atoms with Gasteiger partial charge in [-0.1, -0.05) is 35.5 Å². The number of carbonyl (C=O) groups excluding carboxylic acids is 3. The molecule has 0 saturated carbocycles. The maximum Gasteiger partial charge on any atom is 0.338 e. The monoisotopic (exact) mass is 509 g/mol. The van der Waals surface area contributed by atoms with Crippen molar-refractivity contribution >= 4 is 46.7 Å². The number of thioether (sulfide) groups is 1. The topological polar surface area (TPSA) is 108 Å². The number of ketones is 1. The number of nitrogens with one attached hydrogen (secondary N) is 2. The third-order valence-electron chi connectivity index (χ3n) is 5.26. The van der Waals surface area contributed by atoms with Gasteiger partial charge in [0.05, 0.1) is 40.5 Å². The SMILES string of the molecule is CCOC(=O)c1ccc(NC(=O)CSC2=C(C#N)[C@H](c3ccc(Cl)cc3)C(C(C)=O)=C(C)N2)cc1. The predicted molar refractivity (Wildman–Crippen MR) is 137 cm³/mol. The van der Waals surface area contributed by atoms with Gasteiger partial charge in [0.1, 0.15) is 0 Å². The Morgan fingerprint density at radius 1 is 1.14 bits per heavy atom. The molecule has 35 heavy (non-hydrogen) atoms. The van der Waals surface area contributed by atoms with Crippen LogP contribution in [-0.4, -0.2) is 30.0 Å². The van der Waals surface area contributed by atoms with Crippen LogP contribution in [0.2, 0.25) is 5.02 Å². The second-order valence-electron chi connectivity index (χ2n) is 7.69. The van der Waals surface area contributed by atoms with Gasteiger partial charge in [-0.05, 0) is 62.7 Å². The molecule has 2 N–H and O–H groups in total. The number of allylic oxidation sites excluding steroid dienone is 3. The van der Waals surface area contributed by atoms with E-state index in [4.69, 9.17) is 16.3 Å². The van der Waals surface area contributed by atoms with Crippen LogP contribution in [-0.2, 0) is 14.3 Å². The molecule has 1 heterocycles. The lowest BCUT2D eigenvalue weighted by atomic mass is 9.81. The summed E-state index contributed by atoms with van der Waals surface area (Å²) in [6.07, 6.45) is 0. The minimum atomic E-state index is -0.558. The molecule has 0 aromatic heterocycles. The highest BCUT2D eigenvalue weighted by atomic mass is 35.5. The van der Waals surface area contributed by atoms with Crippen LogP contribution in [0.15, 0.2) is 70.4 Å². The average Bonchev–Trinajstić information content (AvgIpc) is 2.83. The highest BCUT2D eigenvalue weighted by Gasteiger charge is 2.33. The van der Waals surface area contributed by atoms with Crippen molar-refractivity contribution in [1.29, 1.82) is 5.26 Å². The molecule has 1 aliphatic rings. The van der Waals surface area contributed by atoms with Crippen LogP contribution in [0.1, 0.15) is 42.6 Å². The van der Waals surface area contributed by atoms with Crippen molar-refractivity contribution in [3.63, 3.8) is 0 Å². The van der Waals surface area contributed by atoms with Gasteiger partial charge in [0.25, 0.3) is 0 Å². The van der Waals surface area contributed by atoms with Crippen molar-refractivity contribution in [3.8, 4) is 6.07 Å². The van der Waals surface area contributed by atoms with Gasteiger partial charge in [0.2, 0.25) is 5.91 Å². The summed E-state index contributed by atoms with van der Waals surface area (Å²) in [7, 11) is 0. The van der Waals surface area contributed by atoms with Crippen LogP contribution < -0.4 is 10.6 Å². The van der Waals surface area contributed by atoms with Crippen LogP contribution in [0.3, 0.4) is 0 Å². The fourth-order valence-corrected chi connectivity index (χ4v) is 4.74. The predicted octanol–water partition coefficient (Wildman–Crippen LogP) is 5.17. The number of nitriles is 1. The number of esters is 1. The first-order chi connectivity index (χ1) is 16.7. The number of hydrogen-bond donors (Lipinski definition) is 2. The molecule has 0 radical (unpaired) electrons. The Balaban J connectivity index is 1.77. The molecular weight excluding hydrogens is 486 g/mol. The molecule has 180 valence electrons. The maximum atomic E-state index is 12.6. The summed E-state index contributed by atoms with van der Waals surface area (Å²) >= 11 is 7.21. The molecular formula is C26H24ClN3O4S. The van der Waals surface area contributed by atoms with Gasteiger partial charge >= 0.3 is 5.97 Å². The lowest BCUT2D eigenvalue weighted by molar-refractivity contribution is -0.114. The Morgan fingerprint density at radius 3 is 2.37 bits per heavy atom. The van der Waals surface area contributed by atoms with Gasteiger partial charge in [-0.25, -0.2) is 4.79 Å². The standard InChI is InChI=1S/C26H24ClN3O4S/c1-4-34-26(33)18-7-11-20(12-8-18)30-22(32)14-35-25-21(13-28)24(17-5-9-19(27)10-6-17)23(16(3)31)15(2)29-25/h5-12,24,29H,4,14H2,1-3H3,(H,30,32)/t24-/m0/s1. The van der Waals surface area contributed by atoms with Gasteiger partial charge < -0.3 is 15.4 Å². The smallest absolute Gasteiger partial charge is 0.338 e. The van der Waals surface area contributed by atoms with Crippen molar-refractivity contribution in [2.24, 2.45) is 0 Å². The van der Waals surface area contributed by atoms with Crippen LogP contribution in [0.25, 0.3) is 0 Å². The molecule has 0 saturated heterocycles. The summed E-state index contributed by atoms with van der Waals surface area (Å²) in [4.78, 5) is 36.8. The van der Waals surface area contributed by atoms with Gasteiger partial charge in [0.15, 0.2) is 5.78 Å². The van der Waals surface area contributed by atoms with Gasteiger partial charge in [-0.2, -0.15) is 5.26 Å². The molecule has 0 aliphatic carbocycles. The molecule has 2 aromatic carbocycles. The Bertz CT molecular complexity index is 1240. The lowest BCUT2D eigenvalue weighted by Crippen LogP contribution is -2.27. The number of rotatable bonds is 8. The molecule has 1 amide bonds.